The Morgan fingerprint density at radius 1 is 1.43 bits per heavy atom. The number of nitrogens with one attached hydrogen (secondary N) is 1. The minimum Gasteiger partial charge on any atom is -0.434 e. The average molecular weight is 202 g/mol. The van der Waals surface area contributed by atoms with Gasteiger partial charge in [0.15, 0.2) is 0 Å². The number of nitrogens with two attached hydrogens (primary N) is 1. The third kappa shape index (κ3) is 2.40. The molecule has 1 aromatic rings. The maximum absolute atomic E-state index is 11.9. The highest BCUT2D eigenvalue weighted by Gasteiger charge is 2.13. The van der Waals surface area contributed by atoms with Crippen molar-refractivity contribution in [1.82, 2.24) is 5.43 Å². The highest BCUT2D eigenvalue weighted by atomic mass is 19.3. The molecule has 0 unspecified atom stereocenters. The maximum Gasteiger partial charge on any atom is 0.387 e. The number of halogens is 2. The molecule has 4 nitrogen and oxygen atoms in total. The summed E-state index contributed by atoms with van der Waals surface area (Å²) < 4.78 is 27.9. The summed E-state index contributed by atoms with van der Waals surface area (Å²) in [6, 6.07) is 5.59. The van der Waals surface area contributed by atoms with Crippen molar-refractivity contribution in [2.75, 3.05) is 0 Å². The molecule has 0 aromatic heterocycles. The average Bonchev–Trinajstić information content (AvgIpc) is 2.16. The Balaban J connectivity index is 2.97. The number of carbonyl (C=O) groups is 1. The number of hydrazine groups is 1. The van der Waals surface area contributed by atoms with Gasteiger partial charge in [-0.2, -0.15) is 8.78 Å². The number of para-hydroxylation sites is 1. The van der Waals surface area contributed by atoms with Crippen LogP contribution < -0.4 is 16.0 Å². The number of hydrogen-bond acceptors (Lipinski definition) is 3. The minimum absolute atomic E-state index is 0.0321. The Morgan fingerprint density at radius 3 is 2.64 bits per heavy atom. The molecule has 1 amide bonds. The molecule has 0 heterocycles. The zero-order valence-electron chi connectivity index (χ0n) is 7.04. The van der Waals surface area contributed by atoms with Crippen LogP contribution in [0, 0.1) is 0 Å². The van der Waals surface area contributed by atoms with Crippen molar-refractivity contribution in [3.8, 4) is 5.75 Å². The van der Waals surface area contributed by atoms with E-state index in [1.54, 1.807) is 0 Å². The van der Waals surface area contributed by atoms with Crippen LogP contribution in [-0.2, 0) is 0 Å². The van der Waals surface area contributed by atoms with Gasteiger partial charge in [0.1, 0.15) is 5.75 Å². The van der Waals surface area contributed by atoms with Crippen LogP contribution in [-0.4, -0.2) is 12.5 Å². The Labute approximate surface area is 78.6 Å². The number of alkyl halides is 2. The molecule has 0 aliphatic rings. The summed E-state index contributed by atoms with van der Waals surface area (Å²) in [5, 5.41) is 0. The van der Waals surface area contributed by atoms with Crippen molar-refractivity contribution < 1.29 is 18.3 Å². The zero-order valence-corrected chi connectivity index (χ0v) is 7.04. The molecule has 0 spiro atoms. The molecule has 0 bridgehead atoms. The summed E-state index contributed by atoms with van der Waals surface area (Å²) in [7, 11) is 0. The Hall–Kier alpha value is -1.69. The van der Waals surface area contributed by atoms with Gasteiger partial charge in [0.25, 0.3) is 5.91 Å². The van der Waals surface area contributed by atoms with E-state index in [1.807, 2.05) is 5.43 Å². The van der Waals surface area contributed by atoms with Crippen LogP contribution in [0.1, 0.15) is 10.4 Å². The molecule has 0 radical (unpaired) electrons. The van der Waals surface area contributed by atoms with Crippen LogP contribution >= 0.6 is 0 Å². The number of rotatable bonds is 3. The fourth-order valence-electron chi connectivity index (χ4n) is 0.931. The molecule has 0 aliphatic carbocycles. The number of hydrogen-bond donors (Lipinski definition) is 2. The number of carbonyl (C=O) groups excluding carboxylic acids is 1. The SMILES string of the molecule is NNC(=O)c1ccccc1OC(F)F. The van der Waals surface area contributed by atoms with Gasteiger partial charge in [0, 0.05) is 0 Å². The quantitative estimate of drug-likeness (QED) is 0.434. The van der Waals surface area contributed by atoms with E-state index in [-0.39, 0.29) is 11.3 Å². The lowest BCUT2D eigenvalue weighted by Gasteiger charge is -2.08. The third-order valence-electron chi connectivity index (χ3n) is 1.48. The number of nitrogen functional groups attached to an aromatic ring is 1. The van der Waals surface area contributed by atoms with Crippen LogP contribution in [0.4, 0.5) is 8.78 Å². The van der Waals surface area contributed by atoms with Crippen molar-refractivity contribution >= 4 is 5.91 Å². The number of amides is 1. The van der Waals surface area contributed by atoms with Gasteiger partial charge in [-0.3, -0.25) is 10.2 Å². The smallest absolute Gasteiger partial charge is 0.387 e. The summed E-state index contributed by atoms with van der Waals surface area (Å²) in [5.74, 6) is 3.98. The predicted octanol–water partition coefficient (Wildman–Crippen LogP) is 0.891. The fourth-order valence-corrected chi connectivity index (χ4v) is 0.931. The molecule has 3 N–H and O–H groups in total. The lowest BCUT2D eigenvalue weighted by atomic mass is 10.2. The summed E-state index contributed by atoms with van der Waals surface area (Å²) in [6.45, 7) is -2.97. The number of benzene rings is 1. The van der Waals surface area contributed by atoms with Crippen molar-refractivity contribution in [1.29, 1.82) is 0 Å². The van der Waals surface area contributed by atoms with Crippen molar-refractivity contribution in [3.63, 3.8) is 0 Å². The Bertz CT molecular complexity index is 331. The van der Waals surface area contributed by atoms with Crippen molar-refractivity contribution in [2.24, 2.45) is 5.84 Å². The van der Waals surface area contributed by atoms with Gasteiger partial charge < -0.3 is 4.74 Å². The van der Waals surface area contributed by atoms with Gasteiger partial charge in [-0.15, -0.1) is 0 Å². The van der Waals surface area contributed by atoms with E-state index >= 15 is 0 Å². The first kappa shape index (κ1) is 10.4. The van der Waals surface area contributed by atoms with E-state index < -0.39 is 12.5 Å². The normalized spacial score (nSPS) is 10.0. The highest BCUT2D eigenvalue weighted by Crippen LogP contribution is 2.19. The van der Waals surface area contributed by atoms with E-state index in [2.05, 4.69) is 4.74 Å². The Morgan fingerprint density at radius 2 is 2.07 bits per heavy atom. The van der Waals surface area contributed by atoms with Gasteiger partial charge in [0.2, 0.25) is 0 Å². The first-order valence-electron chi connectivity index (χ1n) is 3.70. The lowest BCUT2D eigenvalue weighted by Crippen LogP contribution is -2.30. The van der Waals surface area contributed by atoms with Gasteiger partial charge in [-0.25, -0.2) is 5.84 Å². The molecule has 0 saturated carbocycles. The molecule has 0 fully saturated rings. The molecule has 76 valence electrons. The van der Waals surface area contributed by atoms with Crippen LogP contribution in [0.25, 0.3) is 0 Å². The molecule has 0 aliphatic heterocycles. The predicted molar refractivity (Wildman–Crippen MR) is 44.7 cm³/mol. The maximum atomic E-state index is 11.9. The topological polar surface area (TPSA) is 64.3 Å². The van der Waals surface area contributed by atoms with E-state index in [0.717, 1.165) is 0 Å². The van der Waals surface area contributed by atoms with E-state index in [1.165, 1.54) is 24.3 Å². The van der Waals surface area contributed by atoms with Crippen molar-refractivity contribution in [2.45, 2.75) is 6.61 Å². The van der Waals surface area contributed by atoms with Gasteiger partial charge in [-0.1, -0.05) is 12.1 Å². The summed E-state index contributed by atoms with van der Waals surface area (Å²) in [5.41, 5.74) is 1.80. The standard InChI is InChI=1S/C8H8F2N2O2/c9-8(10)14-6-4-2-1-3-5(6)7(13)12-11/h1-4,8H,11H2,(H,12,13). The second-order valence-corrected chi connectivity index (χ2v) is 2.35. The number of ether oxygens (including phenoxy) is 1. The van der Waals surface area contributed by atoms with Gasteiger partial charge in [0.05, 0.1) is 5.56 Å². The van der Waals surface area contributed by atoms with E-state index in [0.29, 0.717) is 0 Å². The van der Waals surface area contributed by atoms with Crippen LogP contribution in [0.15, 0.2) is 24.3 Å². The van der Waals surface area contributed by atoms with Crippen LogP contribution in [0.5, 0.6) is 5.75 Å². The molecule has 14 heavy (non-hydrogen) atoms. The highest BCUT2D eigenvalue weighted by molar-refractivity contribution is 5.96. The molecule has 0 saturated heterocycles. The van der Waals surface area contributed by atoms with Crippen LogP contribution in [0.3, 0.4) is 0 Å². The second-order valence-electron chi connectivity index (χ2n) is 2.35. The largest absolute Gasteiger partial charge is 0.434 e. The lowest BCUT2D eigenvalue weighted by molar-refractivity contribution is -0.0501. The third-order valence-corrected chi connectivity index (χ3v) is 1.48. The van der Waals surface area contributed by atoms with E-state index in [9.17, 15) is 13.6 Å². The molecule has 6 heteroatoms. The van der Waals surface area contributed by atoms with E-state index in [4.69, 9.17) is 5.84 Å². The molecule has 0 atom stereocenters. The Kier molecular flexibility index (Phi) is 3.35. The molecular weight excluding hydrogens is 194 g/mol. The van der Waals surface area contributed by atoms with Crippen molar-refractivity contribution in [3.05, 3.63) is 29.8 Å². The monoisotopic (exact) mass is 202 g/mol. The minimum atomic E-state index is -2.97. The summed E-state index contributed by atoms with van der Waals surface area (Å²) >= 11 is 0. The van der Waals surface area contributed by atoms with Crippen LogP contribution in [0.2, 0.25) is 0 Å². The summed E-state index contributed by atoms with van der Waals surface area (Å²) in [4.78, 5) is 11.1. The fraction of sp³-hybridized carbons (Fsp3) is 0.125. The van der Waals surface area contributed by atoms with Gasteiger partial charge in [-0.05, 0) is 12.1 Å². The first-order valence-corrected chi connectivity index (χ1v) is 3.70. The molecule has 1 rings (SSSR count). The van der Waals surface area contributed by atoms with Gasteiger partial charge >= 0.3 is 6.61 Å². The first-order chi connectivity index (χ1) is 6.65. The summed E-state index contributed by atoms with van der Waals surface area (Å²) in [6.07, 6.45) is 0. The molecule has 1 aromatic carbocycles. The molecular formula is C8H8F2N2O2. The second kappa shape index (κ2) is 4.52. The zero-order chi connectivity index (χ0) is 10.6.